The highest BCUT2D eigenvalue weighted by molar-refractivity contribution is 6.16. The van der Waals surface area contributed by atoms with E-state index in [1.807, 2.05) is 5.43 Å². The van der Waals surface area contributed by atoms with Crippen LogP contribution in [-0.4, -0.2) is 59.7 Å². The van der Waals surface area contributed by atoms with Crippen molar-refractivity contribution in [1.82, 2.24) is 10.4 Å². The zero-order valence-electron chi connectivity index (χ0n) is 20.1. The number of esters is 1. The summed E-state index contributed by atoms with van der Waals surface area (Å²) in [5.41, 5.74) is -0.673. The average molecular weight is 470 g/mol. The summed E-state index contributed by atoms with van der Waals surface area (Å²) in [5, 5.41) is -0.156. The molecule has 0 bridgehead atoms. The summed E-state index contributed by atoms with van der Waals surface area (Å²) in [6.45, 7) is 10.1. The molecule has 0 heterocycles. The van der Waals surface area contributed by atoms with Gasteiger partial charge in [0.1, 0.15) is 17.0 Å². The van der Waals surface area contributed by atoms with Gasteiger partial charge in [-0.3, -0.25) is 4.79 Å². The van der Waals surface area contributed by atoms with Crippen LogP contribution in [0.1, 0.15) is 58.8 Å². The Morgan fingerprint density at radius 3 is 1.88 bits per heavy atom. The molecule has 0 saturated carbocycles. The van der Waals surface area contributed by atoms with Gasteiger partial charge in [0.05, 0.1) is 13.7 Å². The largest absolute Gasteiger partial charge is 0.497 e. The number of amides is 2. The molecular weight excluding hydrogens is 439 g/mol. The molecule has 1 atom stereocenters. The normalized spacial score (nSPS) is 13.2. The number of methoxy groups -OCH3 is 1. The SMILES string of the molecule is CCOC(=O)C(F)(C(=O)c1ccc(OC)cc1)N(NC(=O)OC(C)(C)C)C(=O)OC(C)(C)C. The molecule has 0 fully saturated rings. The van der Waals surface area contributed by atoms with Crippen LogP contribution in [0.15, 0.2) is 24.3 Å². The van der Waals surface area contributed by atoms with Gasteiger partial charge in [-0.1, -0.05) is 0 Å². The maximum absolute atomic E-state index is 16.4. The van der Waals surface area contributed by atoms with Crippen LogP contribution in [0.2, 0.25) is 0 Å². The highest BCUT2D eigenvalue weighted by Crippen LogP contribution is 2.27. The Hall–Kier alpha value is -3.37. The van der Waals surface area contributed by atoms with Crippen LogP contribution in [-0.2, 0) is 19.0 Å². The van der Waals surface area contributed by atoms with Gasteiger partial charge in [-0.15, -0.1) is 0 Å². The van der Waals surface area contributed by atoms with Gasteiger partial charge in [0.25, 0.3) is 0 Å². The number of Topliss-reactive ketones (excluding diaryl/α,β-unsaturated/α-hetero) is 1. The minimum atomic E-state index is -3.82. The van der Waals surface area contributed by atoms with Crippen molar-refractivity contribution in [2.75, 3.05) is 13.7 Å². The number of hydrogen-bond donors (Lipinski definition) is 1. The lowest BCUT2D eigenvalue weighted by molar-refractivity contribution is -0.167. The molecule has 2 amide bonds. The first-order valence-electron chi connectivity index (χ1n) is 10.1. The lowest BCUT2D eigenvalue weighted by atomic mass is 10.0. The van der Waals surface area contributed by atoms with Crippen molar-refractivity contribution >= 4 is 23.9 Å². The van der Waals surface area contributed by atoms with E-state index in [-0.39, 0.29) is 17.2 Å². The first-order valence-corrected chi connectivity index (χ1v) is 10.1. The van der Waals surface area contributed by atoms with Crippen LogP contribution in [0.25, 0.3) is 0 Å². The molecule has 1 rings (SSSR count). The Kier molecular flexibility index (Phi) is 8.80. The minimum absolute atomic E-state index is 0.156. The van der Waals surface area contributed by atoms with Crippen molar-refractivity contribution in [1.29, 1.82) is 0 Å². The van der Waals surface area contributed by atoms with E-state index in [1.165, 1.54) is 79.8 Å². The molecule has 0 aliphatic heterocycles. The quantitative estimate of drug-likeness (QED) is 0.167. The number of carbonyl (C=O) groups is 4. The third kappa shape index (κ3) is 7.62. The second-order valence-corrected chi connectivity index (χ2v) is 8.83. The van der Waals surface area contributed by atoms with Crippen LogP contribution in [0.3, 0.4) is 0 Å². The van der Waals surface area contributed by atoms with E-state index in [0.717, 1.165) is 0 Å². The first-order chi connectivity index (χ1) is 15.0. The van der Waals surface area contributed by atoms with Crippen molar-refractivity contribution in [2.45, 2.75) is 65.5 Å². The van der Waals surface area contributed by atoms with Gasteiger partial charge < -0.3 is 18.9 Å². The van der Waals surface area contributed by atoms with Gasteiger partial charge >= 0.3 is 23.9 Å². The summed E-state index contributed by atoms with van der Waals surface area (Å²) < 4.78 is 36.3. The maximum Gasteiger partial charge on any atom is 0.433 e. The zero-order valence-corrected chi connectivity index (χ0v) is 20.1. The monoisotopic (exact) mass is 470 g/mol. The number of alkyl halides is 1. The Bertz CT molecular complexity index is 874. The fourth-order valence-electron chi connectivity index (χ4n) is 2.39. The molecule has 1 unspecified atom stereocenters. The number of carbonyl (C=O) groups excluding carboxylic acids is 4. The van der Waals surface area contributed by atoms with E-state index < -0.39 is 40.9 Å². The fraction of sp³-hybridized carbons (Fsp3) is 0.545. The van der Waals surface area contributed by atoms with Crippen molar-refractivity contribution < 1.29 is 42.5 Å². The zero-order chi connectivity index (χ0) is 25.6. The molecule has 0 aromatic heterocycles. The minimum Gasteiger partial charge on any atom is -0.497 e. The van der Waals surface area contributed by atoms with E-state index in [2.05, 4.69) is 0 Å². The number of nitrogens with one attached hydrogen (secondary N) is 1. The standard InChI is InChI=1S/C22H31FN2O8/c1-9-31-17(27)22(23,16(26)14-10-12-15(30-8)13-11-14)25(19(29)33-21(5,6)7)24-18(28)32-20(2,3)4/h10-13H,9H2,1-8H3,(H,24,28). The smallest absolute Gasteiger partial charge is 0.433 e. The summed E-state index contributed by atoms with van der Waals surface area (Å²) in [5.74, 6) is -6.66. The lowest BCUT2D eigenvalue weighted by Crippen LogP contribution is -2.66. The fourth-order valence-corrected chi connectivity index (χ4v) is 2.39. The molecule has 0 aliphatic carbocycles. The molecule has 0 saturated heterocycles. The van der Waals surface area contributed by atoms with Crippen molar-refractivity contribution in [3.05, 3.63) is 29.8 Å². The molecule has 11 heteroatoms. The van der Waals surface area contributed by atoms with E-state index in [0.29, 0.717) is 5.75 Å². The second kappa shape index (κ2) is 10.5. The van der Waals surface area contributed by atoms with Gasteiger partial charge in [-0.25, -0.2) is 19.8 Å². The number of benzene rings is 1. The van der Waals surface area contributed by atoms with Crippen LogP contribution in [0, 0.1) is 0 Å². The van der Waals surface area contributed by atoms with Gasteiger partial charge in [-0.05, 0) is 72.7 Å². The summed E-state index contributed by atoms with van der Waals surface area (Å²) in [4.78, 5) is 51.1. The van der Waals surface area contributed by atoms with Crippen LogP contribution < -0.4 is 10.2 Å². The number of ketones is 1. The Balaban J connectivity index is 3.58. The second-order valence-electron chi connectivity index (χ2n) is 8.83. The Morgan fingerprint density at radius 1 is 0.939 bits per heavy atom. The van der Waals surface area contributed by atoms with Gasteiger partial charge in [0.2, 0.25) is 5.78 Å². The lowest BCUT2D eigenvalue weighted by Gasteiger charge is -2.35. The third-order valence-corrected chi connectivity index (χ3v) is 3.69. The van der Waals surface area contributed by atoms with E-state index in [1.54, 1.807) is 0 Å². The first kappa shape index (κ1) is 27.7. The summed E-state index contributed by atoms with van der Waals surface area (Å²) in [6.07, 6.45) is -2.83. The van der Waals surface area contributed by atoms with Crippen LogP contribution >= 0.6 is 0 Å². The number of hydrogen-bond acceptors (Lipinski definition) is 8. The number of ether oxygens (including phenoxy) is 4. The highest BCUT2D eigenvalue weighted by atomic mass is 19.1. The number of nitrogens with zero attached hydrogens (tertiary/aromatic N) is 1. The molecule has 10 nitrogen and oxygen atoms in total. The van der Waals surface area contributed by atoms with E-state index in [9.17, 15) is 19.2 Å². The molecule has 0 aliphatic rings. The molecule has 184 valence electrons. The third-order valence-electron chi connectivity index (χ3n) is 3.69. The van der Waals surface area contributed by atoms with Gasteiger partial charge in [-0.2, -0.15) is 9.40 Å². The molecular formula is C22H31FN2O8. The molecule has 0 spiro atoms. The highest BCUT2D eigenvalue weighted by Gasteiger charge is 2.58. The van der Waals surface area contributed by atoms with E-state index in [4.69, 9.17) is 18.9 Å². The van der Waals surface area contributed by atoms with Crippen LogP contribution in [0.5, 0.6) is 5.75 Å². The summed E-state index contributed by atoms with van der Waals surface area (Å²) in [6, 6.07) is 5.10. The van der Waals surface area contributed by atoms with Gasteiger partial charge in [0.15, 0.2) is 0 Å². The molecule has 0 radical (unpaired) electrons. The maximum atomic E-state index is 16.4. The van der Waals surface area contributed by atoms with Crippen molar-refractivity contribution in [3.8, 4) is 5.75 Å². The predicted molar refractivity (Wildman–Crippen MR) is 115 cm³/mol. The molecule has 1 aromatic carbocycles. The topological polar surface area (TPSA) is 120 Å². The predicted octanol–water partition coefficient (Wildman–Crippen LogP) is 3.78. The van der Waals surface area contributed by atoms with Gasteiger partial charge in [0, 0.05) is 5.56 Å². The van der Waals surface area contributed by atoms with E-state index >= 15 is 4.39 Å². The van der Waals surface area contributed by atoms with Crippen molar-refractivity contribution in [3.63, 3.8) is 0 Å². The number of rotatable bonds is 6. The Morgan fingerprint density at radius 2 is 1.45 bits per heavy atom. The number of hydrazine groups is 1. The summed E-state index contributed by atoms with van der Waals surface area (Å²) >= 11 is 0. The van der Waals surface area contributed by atoms with Crippen LogP contribution in [0.4, 0.5) is 14.0 Å². The number of halogens is 1. The van der Waals surface area contributed by atoms with Crippen molar-refractivity contribution in [2.24, 2.45) is 0 Å². The molecule has 33 heavy (non-hydrogen) atoms. The molecule has 1 N–H and O–H groups in total. The Labute approximate surface area is 192 Å². The average Bonchev–Trinajstić information content (AvgIpc) is 2.68. The molecule has 1 aromatic rings. The summed E-state index contributed by atoms with van der Waals surface area (Å²) in [7, 11) is 1.39.